The zero-order valence-electron chi connectivity index (χ0n) is 9.29. The van der Waals surface area contributed by atoms with Gasteiger partial charge in [-0.1, -0.05) is 24.3 Å². The van der Waals surface area contributed by atoms with Crippen LogP contribution in [0.3, 0.4) is 0 Å². The highest BCUT2D eigenvalue weighted by molar-refractivity contribution is 5.77. The highest BCUT2D eigenvalue weighted by atomic mass is 16.3. The molecule has 1 aromatic carbocycles. The Labute approximate surface area is 94.8 Å². The molecule has 0 atom stereocenters. The minimum Gasteiger partial charge on any atom is -0.392 e. The standard InChI is InChI=1S/C11H17N3O2/c1-12-14-7-11(16)13-6-9-2-4-10(8-15)5-3-9/h2-5,12,14-15H,6-8H2,1H3,(H,13,16). The molecule has 0 spiro atoms. The summed E-state index contributed by atoms with van der Waals surface area (Å²) in [6, 6.07) is 7.45. The van der Waals surface area contributed by atoms with E-state index in [1.807, 2.05) is 24.3 Å². The van der Waals surface area contributed by atoms with Gasteiger partial charge in [0.15, 0.2) is 0 Å². The normalized spacial score (nSPS) is 10.1. The molecule has 0 radical (unpaired) electrons. The summed E-state index contributed by atoms with van der Waals surface area (Å²) in [5, 5.41) is 11.6. The molecule has 1 aromatic rings. The predicted molar refractivity (Wildman–Crippen MR) is 61.3 cm³/mol. The van der Waals surface area contributed by atoms with E-state index in [1.165, 1.54) is 0 Å². The molecule has 0 unspecified atom stereocenters. The van der Waals surface area contributed by atoms with Crippen LogP contribution in [-0.4, -0.2) is 24.6 Å². The lowest BCUT2D eigenvalue weighted by atomic mass is 10.1. The van der Waals surface area contributed by atoms with E-state index in [1.54, 1.807) is 7.05 Å². The number of aliphatic hydroxyl groups is 1. The van der Waals surface area contributed by atoms with Crippen molar-refractivity contribution in [1.82, 2.24) is 16.2 Å². The zero-order chi connectivity index (χ0) is 11.8. The first-order chi connectivity index (χ1) is 7.76. The second-order valence-corrected chi connectivity index (χ2v) is 3.35. The average molecular weight is 223 g/mol. The summed E-state index contributed by atoms with van der Waals surface area (Å²) in [6.45, 7) is 0.778. The van der Waals surface area contributed by atoms with Crippen LogP contribution >= 0.6 is 0 Å². The van der Waals surface area contributed by atoms with Gasteiger partial charge < -0.3 is 10.4 Å². The molecular formula is C11H17N3O2. The van der Waals surface area contributed by atoms with Crippen molar-refractivity contribution >= 4 is 5.91 Å². The van der Waals surface area contributed by atoms with Crippen LogP contribution < -0.4 is 16.2 Å². The third kappa shape index (κ3) is 4.39. The van der Waals surface area contributed by atoms with Crippen LogP contribution in [0.4, 0.5) is 0 Å². The van der Waals surface area contributed by atoms with Crippen LogP contribution in [0, 0.1) is 0 Å². The summed E-state index contributed by atoms with van der Waals surface area (Å²) in [6.07, 6.45) is 0. The van der Waals surface area contributed by atoms with Crippen molar-refractivity contribution in [1.29, 1.82) is 0 Å². The van der Waals surface area contributed by atoms with Crippen molar-refractivity contribution in [2.45, 2.75) is 13.2 Å². The smallest absolute Gasteiger partial charge is 0.235 e. The molecule has 0 aliphatic carbocycles. The first kappa shape index (κ1) is 12.6. The number of carbonyl (C=O) groups is 1. The fourth-order valence-corrected chi connectivity index (χ4v) is 1.19. The topological polar surface area (TPSA) is 73.4 Å². The Morgan fingerprint density at radius 3 is 2.44 bits per heavy atom. The van der Waals surface area contributed by atoms with Gasteiger partial charge in [0.2, 0.25) is 5.91 Å². The van der Waals surface area contributed by atoms with E-state index in [4.69, 9.17) is 5.11 Å². The highest BCUT2D eigenvalue weighted by Crippen LogP contribution is 2.03. The Kier molecular flexibility index (Phi) is 5.49. The zero-order valence-corrected chi connectivity index (χ0v) is 9.29. The Morgan fingerprint density at radius 2 is 1.88 bits per heavy atom. The quantitative estimate of drug-likeness (QED) is 0.491. The van der Waals surface area contributed by atoms with Crippen LogP contribution in [0.5, 0.6) is 0 Å². The van der Waals surface area contributed by atoms with Crippen LogP contribution in [0.15, 0.2) is 24.3 Å². The number of hydrazine groups is 1. The molecule has 0 saturated heterocycles. The Bertz CT molecular complexity index is 325. The third-order valence-electron chi connectivity index (χ3n) is 2.12. The molecule has 0 aliphatic heterocycles. The first-order valence-electron chi connectivity index (χ1n) is 5.11. The van der Waals surface area contributed by atoms with Gasteiger partial charge in [-0.3, -0.25) is 10.2 Å². The molecule has 0 heterocycles. The first-order valence-corrected chi connectivity index (χ1v) is 5.11. The Balaban J connectivity index is 2.33. The van der Waals surface area contributed by atoms with E-state index < -0.39 is 0 Å². The van der Waals surface area contributed by atoms with Gasteiger partial charge in [-0.05, 0) is 18.2 Å². The molecule has 0 bridgehead atoms. The van der Waals surface area contributed by atoms with E-state index in [-0.39, 0.29) is 19.1 Å². The minimum absolute atomic E-state index is 0.0404. The maximum atomic E-state index is 11.2. The lowest BCUT2D eigenvalue weighted by Gasteiger charge is -2.06. The van der Waals surface area contributed by atoms with Gasteiger partial charge in [0.25, 0.3) is 0 Å². The number of hydrogen-bond acceptors (Lipinski definition) is 4. The molecule has 1 amide bonds. The molecule has 1 rings (SSSR count). The number of benzene rings is 1. The van der Waals surface area contributed by atoms with Crippen LogP contribution in [0.1, 0.15) is 11.1 Å². The lowest BCUT2D eigenvalue weighted by Crippen LogP contribution is -2.38. The number of rotatable bonds is 6. The Morgan fingerprint density at radius 1 is 1.25 bits per heavy atom. The number of amides is 1. The molecule has 88 valence electrons. The largest absolute Gasteiger partial charge is 0.392 e. The Hall–Kier alpha value is -1.43. The van der Waals surface area contributed by atoms with Crippen molar-refractivity contribution in [3.05, 3.63) is 35.4 Å². The summed E-state index contributed by atoms with van der Waals surface area (Å²) in [7, 11) is 1.71. The minimum atomic E-state index is -0.0689. The monoisotopic (exact) mass is 223 g/mol. The fourth-order valence-electron chi connectivity index (χ4n) is 1.19. The summed E-state index contributed by atoms with van der Waals surface area (Å²) < 4.78 is 0. The lowest BCUT2D eigenvalue weighted by molar-refractivity contribution is -0.120. The molecule has 0 saturated carbocycles. The summed E-state index contributed by atoms with van der Waals surface area (Å²) in [5.41, 5.74) is 7.26. The maximum Gasteiger partial charge on any atom is 0.235 e. The van der Waals surface area contributed by atoms with E-state index in [9.17, 15) is 4.79 Å². The molecule has 5 nitrogen and oxygen atoms in total. The molecule has 0 aliphatic rings. The van der Waals surface area contributed by atoms with Gasteiger partial charge in [-0.15, -0.1) is 0 Å². The molecule has 0 fully saturated rings. The van der Waals surface area contributed by atoms with Gasteiger partial charge in [0.05, 0.1) is 13.2 Å². The maximum absolute atomic E-state index is 11.2. The van der Waals surface area contributed by atoms with E-state index in [0.29, 0.717) is 6.54 Å². The van der Waals surface area contributed by atoms with E-state index >= 15 is 0 Å². The average Bonchev–Trinajstić information content (AvgIpc) is 2.34. The van der Waals surface area contributed by atoms with Crippen LogP contribution in [0.25, 0.3) is 0 Å². The molecule has 0 aromatic heterocycles. The highest BCUT2D eigenvalue weighted by Gasteiger charge is 1.99. The predicted octanol–water partition coefficient (Wildman–Crippen LogP) is -0.481. The molecule has 4 N–H and O–H groups in total. The SMILES string of the molecule is CNNCC(=O)NCc1ccc(CO)cc1. The summed E-state index contributed by atoms with van der Waals surface area (Å²) >= 11 is 0. The molecular weight excluding hydrogens is 206 g/mol. The van der Waals surface area contributed by atoms with Crippen molar-refractivity contribution in [3.8, 4) is 0 Å². The van der Waals surface area contributed by atoms with Gasteiger partial charge in [0, 0.05) is 6.54 Å². The molecule has 5 heteroatoms. The van der Waals surface area contributed by atoms with Crippen molar-refractivity contribution in [2.24, 2.45) is 0 Å². The van der Waals surface area contributed by atoms with E-state index in [0.717, 1.165) is 11.1 Å². The number of hydrogen-bond donors (Lipinski definition) is 4. The van der Waals surface area contributed by atoms with Crippen molar-refractivity contribution in [2.75, 3.05) is 13.6 Å². The summed E-state index contributed by atoms with van der Waals surface area (Å²) in [5.74, 6) is -0.0689. The van der Waals surface area contributed by atoms with E-state index in [2.05, 4.69) is 16.2 Å². The molecule has 16 heavy (non-hydrogen) atoms. The number of aliphatic hydroxyl groups excluding tert-OH is 1. The van der Waals surface area contributed by atoms with Gasteiger partial charge >= 0.3 is 0 Å². The summed E-state index contributed by atoms with van der Waals surface area (Å²) in [4.78, 5) is 11.2. The number of nitrogens with one attached hydrogen (secondary N) is 3. The van der Waals surface area contributed by atoms with Crippen molar-refractivity contribution in [3.63, 3.8) is 0 Å². The third-order valence-corrected chi connectivity index (χ3v) is 2.12. The van der Waals surface area contributed by atoms with Gasteiger partial charge in [0.1, 0.15) is 0 Å². The van der Waals surface area contributed by atoms with Gasteiger partial charge in [-0.25, -0.2) is 5.43 Å². The fraction of sp³-hybridized carbons (Fsp3) is 0.364. The van der Waals surface area contributed by atoms with Crippen LogP contribution in [0.2, 0.25) is 0 Å². The number of carbonyl (C=O) groups excluding carboxylic acids is 1. The van der Waals surface area contributed by atoms with Crippen LogP contribution in [-0.2, 0) is 17.9 Å². The second-order valence-electron chi connectivity index (χ2n) is 3.35. The van der Waals surface area contributed by atoms with Crippen molar-refractivity contribution < 1.29 is 9.90 Å². The van der Waals surface area contributed by atoms with Gasteiger partial charge in [-0.2, -0.15) is 0 Å². The second kappa shape index (κ2) is 6.95.